The standard InChI is InChI=1S/C18H20N2O6S/c1-25-18(22)14-9-12(4-5-15(14)20(23)24)19-6-7-26-11-13(19)10-16(21)17-3-2-8-27-17/h2-5,8-9,13,16,21H,6-7,10-11H2,1H3/t13-,16+/m0/s1. The number of benzene rings is 1. The van der Waals surface area contributed by atoms with E-state index in [1.54, 1.807) is 6.07 Å². The number of thiophene rings is 1. The number of hydrogen-bond donors (Lipinski definition) is 1. The fourth-order valence-electron chi connectivity index (χ4n) is 3.18. The van der Waals surface area contributed by atoms with Crippen LogP contribution in [0.3, 0.4) is 0 Å². The Hall–Kier alpha value is -2.49. The summed E-state index contributed by atoms with van der Waals surface area (Å²) in [5.41, 5.74) is 0.269. The summed E-state index contributed by atoms with van der Waals surface area (Å²) in [5.74, 6) is -0.757. The lowest BCUT2D eigenvalue weighted by molar-refractivity contribution is -0.385. The van der Waals surface area contributed by atoms with E-state index < -0.39 is 17.0 Å². The largest absolute Gasteiger partial charge is 0.465 e. The minimum absolute atomic E-state index is 0.0935. The zero-order chi connectivity index (χ0) is 19.4. The second-order valence-corrected chi connectivity index (χ2v) is 7.12. The molecule has 2 atom stereocenters. The van der Waals surface area contributed by atoms with Gasteiger partial charge >= 0.3 is 5.97 Å². The Morgan fingerprint density at radius 3 is 3.00 bits per heavy atom. The summed E-state index contributed by atoms with van der Waals surface area (Å²) < 4.78 is 10.2. The molecule has 0 aliphatic carbocycles. The Morgan fingerprint density at radius 2 is 2.33 bits per heavy atom. The summed E-state index contributed by atoms with van der Waals surface area (Å²) in [4.78, 5) is 25.5. The van der Waals surface area contributed by atoms with E-state index >= 15 is 0 Å². The zero-order valence-electron chi connectivity index (χ0n) is 14.7. The number of carbonyl (C=O) groups excluding carboxylic acids is 1. The summed E-state index contributed by atoms with van der Waals surface area (Å²) in [7, 11) is 1.19. The number of esters is 1. The van der Waals surface area contributed by atoms with Crippen LogP contribution in [0.5, 0.6) is 0 Å². The molecule has 1 aliphatic heterocycles. The highest BCUT2D eigenvalue weighted by Gasteiger charge is 2.29. The molecule has 0 unspecified atom stereocenters. The highest BCUT2D eigenvalue weighted by Crippen LogP contribution is 2.31. The molecule has 1 aromatic heterocycles. The second-order valence-electron chi connectivity index (χ2n) is 6.14. The fourth-order valence-corrected chi connectivity index (χ4v) is 3.90. The summed E-state index contributed by atoms with van der Waals surface area (Å²) in [6.07, 6.45) is -0.178. The van der Waals surface area contributed by atoms with E-state index in [-0.39, 0.29) is 17.3 Å². The first kappa shape index (κ1) is 19.3. The molecule has 1 saturated heterocycles. The van der Waals surface area contributed by atoms with Gasteiger partial charge in [-0.25, -0.2) is 4.79 Å². The van der Waals surface area contributed by atoms with E-state index in [9.17, 15) is 20.0 Å². The molecule has 0 bridgehead atoms. The number of hydrogen-bond acceptors (Lipinski definition) is 8. The van der Waals surface area contributed by atoms with E-state index in [0.717, 1.165) is 4.88 Å². The number of carbonyl (C=O) groups is 1. The van der Waals surface area contributed by atoms with E-state index in [1.165, 1.54) is 30.6 Å². The smallest absolute Gasteiger partial charge is 0.344 e. The summed E-state index contributed by atoms with van der Waals surface area (Å²) in [6, 6.07) is 8.04. The Morgan fingerprint density at radius 1 is 1.52 bits per heavy atom. The van der Waals surface area contributed by atoms with Crippen molar-refractivity contribution in [3.8, 4) is 0 Å². The average molecular weight is 392 g/mol. The predicted molar refractivity (Wildman–Crippen MR) is 100 cm³/mol. The third-order valence-corrected chi connectivity index (χ3v) is 5.48. The SMILES string of the molecule is COC(=O)c1cc(N2CCOC[C@@H]2C[C@@H](O)c2cccs2)ccc1[N+](=O)[O-]. The maximum Gasteiger partial charge on any atom is 0.344 e. The molecule has 2 heterocycles. The van der Waals surface area contributed by atoms with Crippen LogP contribution in [-0.4, -0.2) is 48.9 Å². The summed E-state index contributed by atoms with van der Waals surface area (Å²) in [6.45, 7) is 1.48. The average Bonchev–Trinajstić information content (AvgIpc) is 3.22. The van der Waals surface area contributed by atoms with Crippen LogP contribution < -0.4 is 4.90 Å². The molecule has 1 N–H and O–H groups in total. The molecule has 8 nitrogen and oxygen atoms in total. The third-order valence-electron chi connectivity index (χ3n) is 4.51. The first-order valence-corrected chi connectivity index (χ1v) is 9.32. The Kier molecular flexibility index (Phi) is 6.04. The van der Waals surface area contributed by atoms with Gasteiger partial charge in [0, 0.05) is 29.6 Å². The van der Waals surface area contributed by atoms with Crippen LogP contribution in [0.15, 0.2) is 35.7 Å². The van der Waals surface area contributed by atoms with Crippen molar-refractivity contribution >= 4 is 28.7 Å². The number of nitrogens with zero attached hydrogens (tertiary/aromatic N) is 2. The molecule has 0 radical (unpaired) electrons. The maximum absolute atomic E-state index is 12.0. The van der Waals surface area contributed by atoms with Gasteiger partial charge in [-0.3, -0.25) is 10.1 Å². The van der Waals surface area contributed by atoms with Crippen molar-refractivity contribution in [2.24, 2.45) is 0 Å². The van der Waals surface area contributed by atoms with Crippen LogP contribution >= 0.6 is 11.3 Å². The van der Waals surface area contributed by atoms with Crippen molar-refractivity contribution in [3.05, 3.63) is 56.3 Å². The predicted octanol–water partition coefficient (Wildman–Crippen LogP) is 2.77. The van der Waals surface area contributed by atoms with Crippen molar-refractivity contribution in [3.63, 3.8) is 0 Å². The highest BCUT2D eigenvalue weighted by molar-refractivity contribution is 7.10. The number of anilines is 1. The van der Waals surface area contributed by atoms with Crippen LogP contribution in [0, 0.1) is 10.1 Å². The molecule has 1 fully saturated rings. The van der Waals surface area contributed by atoms with Gasteiger partial charge in [0.1, 0.15) is 5.56 Å². The van der Waals surface area contributed by atoms with Gasteiger partial charge in [-0.15, -0.1) is 11.3 Å². The minimum Gasteiger partial charge on any atom is -0.465 e. The fraction of sp³-hybridized carbons (Fsp3) is 0.389. The Balaban J connectivity index is 1.87. The monoisotopic (exact) mass is 392 g/mol. The van der Waals surface area contributed by atoms with Gasteiger partial charge in [0.15, 0.2) is 0 Å². The van der Waals surface area contributed by atoms with Gasteiger partial charge in [-0.2, -0.15) is 0 Å². The van der Waals surface area contributed by atoms with Gasteiger partial charge in [0.05, 0.1) is 37.4 Å². The van der Waals surface area contributed by atoms with Crippen LogP contribution in [0.2, 0.25) is 0 Å². The van der Waals surface area contributed by atoms with Crippen molar-refractivity contribution in [1.82, 2.24) is 0 Å². The molecular formula is C18H20N2O6S. The quantitative estimate of drug-likeness (QED) is 0.458. The van der Waals surface area contributed by atoms with Gasteiger partial charge in [0.25, 0.3) is 5.69 Å². The number of nitro groups is 1. The van der Waals surface area contributed by atoms with E-state index in [1.807, 2.05) is 22.4 Å². The minimum atomic E-state index is -0.757. The van der Waals surface area contributed by atoms with Gasteiger partial charge in [-0.1, -0.05) is 6.07 Å². The highest BCUT2D eigenvalue weighted by atomic mass is 32.1. The van der Waals surface area contributed by atoms with Crippen molar-refractivity contribution in [2.45, 2.75) is 18.6 Å². The molecule has 9 heteroatoms. The topological polar surface area (TPSA) is 102 Å². The number of rotatable bonds is 6. The van der Waals surface area contributed by atoms with Gasteiger partial charge in [0.2, 0.25) is 0 Å². The first-order valence-electron chi connectivity index (χ1n) is 8.44. The summed E-state index contributed by atoms with van der Waals surface area (Å²) in [5, 5.41) is 23.6. The van der Waals surface area contributed by atoms with Gasteiger partial charge in [-0.05, 0) is 23.6 Å². The number of nitro benzene ring substituents is 1. The Bertz CT molecular complexity index is 810. The lowest BCUT2D eigenvalue weighted by Gasteiger charge is -2.38. The lowest BCUT2D eigenvalue weighted by Crippen LogP contribution is -2.46. The Labute approximate surface area is 160 Å². The number of methoxy groups -OCH3 is 1. The zero-order valence-corrected chi connectivity index (χ0v) is 15.6. The molecule has 27 heavy (non-hydrogen) atoms. The van der Waals surface area contributed by atoms with E-state index in [4.69, 9.17) is 4.74 Å². The number of morpholine rings is 1. The molecular weight excluding hydrogens is 372 g/mol. The molecule has 0 amide bonds. The number of aliphatic hydroxyl groups is 1. The van der Waals surface area contributed by atoms with Crippen LogP contribution in [0.4, 0.5) is 11.4 Å². The lowest BCUT2D eigenvalue weighted by atomic mass is 10.0. The molecule has 144 valence electrons. The van der Waals surface area contributed by atoms with Crippen LogP contribution in [-0.2, 0) is 9.47 Å². The molecule has 1 aliphatic rings. The first-order chi connectivity index (χ1) is 13.0. The van der Waals surface area contributed by atoms with Crippen LogP contribution in [0.1, 0.15) is 27.8 Å². The van der Waals surface area contributed by atoms with E-state index in [2.05, 4.69) is 4.74 Å². The maximum atomic E-state index is 12.0. The normalized spacial score (nSPS) is 18.1. The second kappa shape index (κ2) is 8.47. The number of aliphatic hydroxyl groups excluding tert-OH is 1. The third kappa shape index (κ3) is 4.26. The molecule has 3 rings (SSSR count). The molecule has 1 aromatic carbocycles. The number of ether oxygens (including phenoxy) is 2. The van der Waals surface area contributed by atoms with Crippen molar-refractivity contribution < 1.29 is 24.3 Å². The molecule has 0 spiro atoms. The van der Waals surface area contributed by atoms with Crippen LogP contribution in [0.25, 0.3) is 0 Å². The van der Waals surface area contributed by atoms with Crippen molar-refractivity contribution in [2.75, 3.05) is 31.8 Å². The summed E-state index contributed by atoms with van der Waals surface area (Å²) >= 11 is 1.49. The van der Waals surface area contributed by atoms with E-state index in [0.29, 0.717) is 31.9 Å². The molecule has 2 aromatic rings. The molecule has 0 saturated carbocycles. The van der Waals surface area contributed by atoms with Crippen molar-refractivity contribution in [1.29, 1.82) is 0 Å². The van der Waals surface area contributed by atoms with Gasteiger partial charge < -0.3 is 19.5 Å².